The van der Waals surface area contributed by atoms with Crippen LogP contribution >= 0.6 is 11.3 Å². The van der Waals surface area contributed by atoms with Crippen molar-refractivity contribution in [3.8, 4) is 0 Å². The Kier molecular flexibility index (Phi) is 5.15. The van der Waals surface area contributed by atoms with Crippen LogP contribution in [0.3, 0.4) is 0 Å². The Morgan fingerprint density at radius 1 is 1.38 bits per heavy atom. The first-order valence-electron chi connectivity index (χ1n) is 8.98. The van der Waals surface area contributed by atoms with Crippen molar-refractivity contribution in [3.05, 3.63) is 40.2 Å². The molecule has 1 aliphatic rings. The topological polar surface area (TPSA) is 115 Å². The van der Waals surface area contributed by atoms with Gasteiger partial charge in [-0.1, -0.05) is 11.2 Å². The first-order chi connectivity index (χ1) is 13.8. The minimum atomic E-state index is -3.81. The van der Waals surface area contributed by atoms with Crippen LogP contribution in [0.25, 0.3) is 10.2 Å². The number of ether oxygens (including phenoxy) is 1. The summed E-state index contributed by atoms with van der Waals surface area (Å²) in [7, 11) is -2.26. The summed E-state index contributed by atoms with van der Waals surface area (Å²) in [6, 6.07) is 3.65. The molecule has 9 nitrogen and oxygen atoms in total. The molecule has 0 unspecified atom stereocenters. The number of aryl methyl sites for hydroxylation is 2. The van der Waals surface area contributed by atoms with Gasteiger partial charge < -0.3 is 14.6 Å². The van der Waals surface area contributed by atoms with Crippen LogP contribution in [0.5, 0.6) is 0 Å². The minimum absolute atomic E-state index is 0.0805. The molecule has 1 N–H and O–H groups in total. The molecular formula is C18H20N4O5S2. The number of amides is 1. The third kappa shape index (κ3) is 3.33. The van der Waals surface area contributed by atoms with Crippen molar-refractivity contribution in [1.82, 2.24) is 19.8 Å². The van der Waals surface area contributed by atoms with E-state index in [9.17, 15) is 13.2 Å². The van der Waals surface area contributed by atoms with E-state index in [2.05, 4.69) is 15.5 Å². The summed E-state index contributed by atoms with van der Waals surface area (Å²) in [5.41, 5.74) is 0.984. The third-order valence-electron chi connectivity index (χ3n) is 4.85. The molecule has 0 aliphatic carbocycles. The number of carbonyl (C=O) groups is 1. The van der Waals surface area contributed by atoms with Crippen LogP contribution in [-0.2, 0) is 14.8 Å². The molecule has 1 atom stereocenters. The molecule has 0 spiro atoms. The number of nitrogens with one attached hydrogen (secondary N) is 1. The van der Waals surface area contributed by atoms with Crippen molar-refractivity contribution in [3.63, 3.8) is 0 Å². The molecule has 29 heavy (non-hydrogen) atoms. The second-order valence-electron chi connectivity index (χ2n) is 6.66. The largest absolute Gasteiger partial charge is 0.371 e. The highest BCUT2D eigenvalue weighted by molar-refractivity contribution is 7.89. The Labute approximate surface area is 171 Å². The number of rotatable bonds is 4. The van der Waals surface area contributed by atoms with Gasteiger partial charge in [-0.3, -0.25) is 4.79 Å². The highest BCUT2D eigenvalue weighted by atomic mass is 32.2. The van der Waals surface area contributed by atoms with E-state index in [-0.39, 0.29) is 36.3 Å². The lowest BCUT2D eigenvalue weighted by Crippen LogP contribution is -2.42. The number of thiophene rings is 1. The molecule has 11 heteroatoms. The Morgan fingerprint density at radius 2 is 2.17 bits per heavy atom. The molecule has 3 aromatic rings. The van der Waals surface area contributed by atoms with Crippen molar-refractivity contribution in [2.24, 2.45) is 0 Å². The van der Waals surface area contributed by atoms with Gasteiger partial charge in [0.2, 0.25) is 10.0 Å². The molecule has 4 heterocycles. The first kappa shape index (κ1) is 20.0. The Bertz CT molecular complexity index is 1160. The summed E-state index contributed by atoms with van der Waals surface area (Å²) < 4.78 is 38.8. The first-order valence-corrected chi connectivity index (χ1v) is 11.2. The fourth-order valence-electron chi connectivity index (χ4n) is 3.54. The second-order valence-corrected chi connectivity index (χ2v) is 9.53. The fraction of sp³-hybridized carbons (Fsp3) is 0.389. The Morgan fingerprint density at radius 3 is 2.86 bits per heavy atom. The Hall–Kier alpha value is -2.34. The Balaban J connectivity index is 1.76. The lowest BCUT2D eigenvalue weighted by atomic mass is 10.0. The van der Waals surface area contributed by atoms with Gasteiger partial charge in [-0.2, -0.15) is 4.31 Å². The van der Waals surface area contributed by atoms with Crippen LogP contribution in [0.2, 0.25) is 0 Å². The molecule has 4 rings (SSSR count). The van der Waals surface area contributed by atoms with E-state index < -0.39 is 16.1 Å². The number of carbonyl (C=O) groups excluding carboxylic acids is 1. The van der Waals surface area contributed by atoms with Crippen LogP contribution in [0.15, 0.2) is 27.7 Å². The normalized spacial score (nSPS) is 18.2. The van der Waals surface area contributed by atoms with Gasteiger partial charge in [0.15, 0.2) is 5.76 Å². The lowest BCUT2D eigenvalue weighted by Gasteiger charge is -2.32. The predicted molar refractivity (Wildman–Crippen MR) is 106 cm³/mol. The molecule has 1 amide bonds. The lowest BCUT2D eigenvalue weighted by molar-refractivity contribution is -0.00195. The van der Waals surface area contributed by atoms with Gasteiger partial charge in [0.1, 0.15) is 20.3 Å². The highest BCUT2D eigenvalue weighted by Gasteiger charge is 2.37. The predicted octanol–water partition coefficient (Wildman–Crippen LogP) is 2.02. The van der Waals surface area contributed by atoms with Gasteiger partial charge in [0, 0.05) is 37.3 Å². The maximum Gasteiger partial charge on any atom is 0.261 e. The molecule has 0 bridgehead atoms. The van der Waals surface area contributed by atoms with Crippen LogP contribution in [0.4, 0.5) is 0 Å². The van der Waals surface area contributed by atoms with Gasteiger partial charge in [-0.15, -0.1) is 11.3 Å². The van der Waals surface area contributed by atoms with E-state index in [1.54, 1.807) is 33.2 Å². The van der Waals surface area contributed by atoms with Crippen molar-refractivity contribution in [2.45, 2.75) is 24.8 Å². The monoisotopic (exact) mass is 436 g/mol. The van der Waals surface area contributed by atoms with Crippen molar-refractivity contribution in [1.29, 1.82) is 0 Å². The van der Waals surface area contributed by atoms with E-state index in [4.69, 9.17) is 9.26 Å². The van der Waals surface area contributed by atoms with Crippen molar-refractivity contribution in [2.75, 3.05) is 26.7 Å². The number of fused-ring (bicyclic) bond motifs is 1. The van der Waals surface area contributed by atoms with E-state index in [1.165, 1.54) is 15.6 Å². The number of sulfonamides is 1. The molecule has 1 saturated heterocycles. The number of hydrogen-bond donors (Lipinski definition) is 1. The molecule has 3 aromatic heterocycles. The SMILES string of the molecule is CNC(=O)c1sc2ncccc2c1[C@H]1CN(S(=O)(=O)c2c(C)noc2C)CCO1. The summed E-state index contributed by atoms with van der Waals surface area (Å²) in [5, 5.41) is 7.19. The highest BCUT2D eigenvalue weighted by Crippen LogP contribution is 2.38. The molecule has 0 aromatic carbocycles. The van der Waals surface area contributed by atoms with Gasteiger partial charge in [-0.25, -0.2) is 13.4 Å². The van der Waals surface area contributed by atoms with Gasteiger partial charge in [0.25, 0.3) is 5.91 Å². The zero-order valence-electron chi connectivity index (χ0n) is 16.1. The standard InChI is InChI=1S/C18H20N4O5S2/c1-10-16(11(2)27-21-10)29(24,25)22-7-8-26-13(9-22)14-12-5-4-6-20-18(12)28-15(14)17(23)19-3/h4-6,13H,7-9H2,1-3H3,(H,19,23)/t13-/m1/s1. The van der Waals surface area contributed by atoms with Crippen LogP contribution in [0.1, 0.15) is 32.8 Å². The molecule has 1 aliphatic heterocycles. The maximum absolute atomic E-state index is 13.2. The number of morpholine rings is 1. The molecular weight excluding hydrogens is 416 g/mol. The number of nitrogens with zero attached hydrogens (tertiary/aromatic N) is 3. The molecule has 154 valence electrons. The van der Waals surface area contributed by atoms with E-state index in [0.717, 1.165) is 5.39 Å². The van der Waals surface area contributed by atoms with E-state index >= 15 is 0 Å². The average molecular weight is 437 g/mol. The maximum atomic E-state index is 13.2. The summed E-state index contributed by atoms with van der Waals surface area (Å²) in [5.74, 6) is -0.000853. The van der Waals surface area contributed by atoms with Crippen LogP contribution in [0, 0.1) is 13.8 Å². The second kappa shape index (κ2) is 7.48. The number of pyridine rings is 1. The van der Waals surface area contributed by atoms with E-state index in [1.807, 2.05) is 6.07 Å². The van der Waals surface area contributed by atoms with Crippen molar-refractivity contribution < 1.29 is 22.5 Å². The van der Waals surface area contributed by atoms with E-state index in [0.29, 0.717) is 21.0 Å². The zero-order valence-corrected chi connectivity index (χ0v) is 17.8. The smallest absolute Gasteiger partial charge is 0.261 e. The molecule has 1 fully saturated rings. The molecule has 0 saturated carbocycles. The fourth-order valence-corrected chi connectivity index (χ4v) is 6.40. The average Bonchev–Trinajstić information content (AvgIpc) is 3.27. The third-order valence-corrected chi connectivity index (χ3v) is 8.09. The minimum Gasteiger partial charge on any atom is -0.371 e. The summed E-state index contributed by atoms with van der Waals surface area (Å²) >= 11 is 1.27. The summed E-state index contributed by atoms with van der Waals surface area (Å²) in [4.78, 5) is 18.1. The number of aromatic nitrogens is 2. The van der Waals surface area contributed by atoms with Crippen molar-refractivity contribution >= 4 is 37.5 Å². The quantitative estimate of drug-likeness (QED) is 0.665. The van der Waals surface area contributed by atoms with Gasteiger partial charge in [0.05, 0.1) is 12.7 Å². The molecule has 0 radical (unpaired) electrons. The van der Waals surface area contributed by atoms with Gasteiger partial charge >= 0.3 is 0 Å². The van der Waals surface area contributed by atoms with Gasteiger partial charge in [-0.05, 0) is 19.9 Å². The van der Waals surface area contributed by atoms with Crippen LogP contribution in [-0.4, -0.2) is 55.5 Å². The summed E-state index contributed by atoms with van der Waals surface area (Å²) in [6.45, 7) is 3.67. The zero-order chi connectivity index (χ0) is 20.8. The van der Waals surface area contributed by atoms with Crippen LogP contribution < -0.4 is 5.32 Å². The summed E-state index contributed by atoms with van der Waals surface area (Å²) in [6.07, 6.45) is 1.07. The number of hydrogen-bond acceptors (Lipinski definition) is 8.